The average Bonchev–Trinajstić information content (AvgIpc) is 3.63. The number of rotatable bonds is 6. The number of hydrogen-bond acceptors (Lipinski definition) is 6. The Morgan fingerprint density at radius 3 is 2.27 bits per heavy atom. The van der Waals surface area contributed by atoms with Gasteiger partial charge in [-0.3, -0.25) is 0 Å². The lowest BCUT2D eigenvalue weighted by Gasteiger charge is -2.52. The lowest BCUT2D eigenvalue weighted by Crippen LogP contribution is -2.61. The smallest absolute Gasteiger partial charge is 0.410 e. The number of carbonyl (C=O) groups is 2. The quantitative estimate of drug-likeness (QED) is 0.298. The van der Waals surface area contributed by atoms with Gasteiger partial charge in [-0.25, -0.2) is 9.59 Å². The van der Waals surface area contributed by atoms with Crippen molar-refractivity contribution < 1.29 is 37.0 Å². The highest BCUT2D eigenvalue weighted by atomic mass is 19.4. The van der Waals surface area contributed by atoms with Crippen LogP contribution in [0.2, 0.25) is 0 Å². The highest BCUT2D eigenvalue weighted by Crippen LogP contribution is 2.85. The Bertz CT molecular complexity index is 1350. The molecule has 0 radical (unpaired) electrons. The zero-order valence-electron chi connectivity index (χ0n) is 31.6. The first-order valence-corrected chi connectivity index (χ1v) is 20.4. The molecule has 0 aromatic carbocycles. The molecule has 0 aromatic heterocycles. The van der Waals surface area contributed by atoms with E-state index in [9.17, 15) is 22.8 Å². The highest BCUT2D eigenvalue weighted by Gasteiger charge is 2.79. The first kappa shape index (κ1) is 36.2. The predicted molar refractivity (Wildman–Crippen MR) is 186 cm³/mol. The van der Waals surface area contributed by atoms with Crippen LogP contribution in [0.15, 0.2) is 0 Å². The third-order valence-electron chi connectivity index (χ3n) is 16.4. The lowest BCUT2D eigenvalue weighted by atomic mass is 9.54. The Morgan fingerprint density at radius 2 is 1.59 bits per heavy atom. The fourth-order valence-corrected chi connectivity index (χ4v) is 13.8. The molecule has 51 heavy (non-hydrogen) atoms. The molecular weight excluding hydrogens is 659 g/mol. The second-order valence-electron chi connectivity index (χ2n) is 19.4. The first-order chi connectivity index (χ1) is 24.1. The largest absolute Gasteiger partial charge is 0.446 e. The summed E-state index contributed by atoms with van der Waals surface area (Å²) in [5.41, 5.74) is 0.738. The third-order valence-corrected chi connectivity index (χ3v) is 16.4. The Hall–Kier alpha value is -1.75. The molecule has 3 saturated heterocycles. The van der Waals surface area contributed by atoms with Gasteiger partial charge in [-0.1, -0.05) is 41.0 Å². The van der Waals surface area contributed by atoms with Gasteiger partial charge in [0.2, 0.25) is 0 Å². The summed E-state index contributed by atoms with van der Waals surface area (Å²) in [5.74, 6) is 2.57. The van der Waals surface area contributed by atoms with Crippen molar-refractivity contribution >= 4 is 12.2 Å². The van der Waals surface area contributed by atoms with Gasteiger partial charge in [0.05, 0.1) is 18.8 Å². The molecule has 2 spiro atoms. The van der Waals surface area contributed by atoms with Crippen molar-refractivity contribution in [2.24, 2.45) is 51.2 Å². The maximum Gasteiger partial charge on any atom is 0.410 e. The molecule has 8 fully saturated rings. The summed E-state index contributed by atoms with van der Waals surface area (Å²) >= 11 is 0. The van der Waals surface area contributed by atoms with Gasteiger partial charge in [0.25, 0.3) is 0 Å². The summed E-state index contributed by atoms with van der Waals surface area (Å²) < 4.78 is 57.5. The molecular formula is C40H62F3N3O5. The number of nitrogens with zero attached hydrogens (tertiary/aromatic N) is 2. The van der Waals surface area contributed by atoms with Gasteiger partial charge in [-0.2, -0.15) is 13.2 Å². The van der Waals surface area contributed by atoms with Crippen LogP contribution in [-0.4, -0.2) is 91.3 Å². The molecule has 11 atom stereocenters. The number of fused-ring (bicyclic) bond motifs is 4. The van der Waals surface area contributed by atoms with Crippen LogP contribution in [0.4, 0.5) is 22.8 Å². The Morgan fingerprint density at radius 1 is 0.863 bits per heavy atom. The number of ether oxygens (including phenoxy) is 3. The van der Waals surface area contributed by atoms with Crippen LogP contribution < -0.4 is 5.32 Å². The monoisotopic (exact) mass is 721 g/mol. The standard InChI is InChI=1S/C40H62F3N3O5/c1-24(2)33(51-34(47)45-17-8-18-45)29-12-10-27-30(49-29)19-28-26-11-13-31-36(3,4)32(50-35(48)46-20-25(21-46)44-23-40(41,42)43)9-6-15-39(31)22-38(26,39)16-7-14-37(27,28)5/h24-33,44H,6-23H2,1-5H3. The summed E-state index contributed by atoms with van der Waals surface area (Å²) in [5, 5.41) is 2.51. The van der Waals surface area contributed by atoms with E-state index in [1.807, 2.05) is 4.90 Å². The van der Waals surface area contributed by atoms with Crippen LogP contribution in [0.3, 0.4) is 0 Å². The minimum atomic E-state index is -4.26. The molecule has 0 bridgehead atoms. The first-order valence-electron chi connectivity index (χ1n) is 20.4. The Kier molecular flexibility index (Phi) is 8.99. The fourth-order valence-electron chi connectivity index (χ4n) is 13.8. The highest BCUT2D eigenvalue weighted by molar-refractivity contribution is 5.69. The van der Waals surface area contributed by atoms with Crippen molar-refractivity contribution in [3.8, 4) is 0 Å². The number of halogens is 3. The average molecular weight is 722 g/mol. The third kappa shape index (κ3) is 5.90. The van der Waals surface area contributed by atoms with Gasteiger partial charge in [0, 0.05) is 37.6 Å². The van der Waals surface area contributed by atoms with E-state index in [2.05, 4.69) is 39.9 Å². The predicted octanol–water partition coefficient (Wildman–Crippen LogP) is 8.18. The Balaban J connectivity index is 0.943. The van der Waals surface area contributed by atoms with E-state index in [1.54, 1.807) is 4.90 Å². The molecule has 3 heterocycles. The van der Waals surface area contributed by atoms with E-state index >= 15 is 0 Å². The molecule has 8 nitrogen and oxygen atoms in total. The summed E-state index contributed by atoms with van der Waals surface area (Å²) in [7, 11) is 0. The van der Waals surface area contributed by atoms with E-state index in [-0.39, 0.29) is 72.5 Å². The Labute approximate surface area is 302 Å². The van der Waals surface area contributed by atoms with Crippen LogP contribution in [-0.2, 0) is 14.2 Å². The minimum Gasteiger partial charge on any atom is -0.446 e. The fraction of sp³-hybridized carbons (Fsp3) is 0.950. The second kappa shape index (κ2) is 12.7. The minimum absolute atomic E-state index is 0.0417. The van der Waals surface area contributed by atoms with Gasteiger partial charge in [-0.15, -0.1) is 0 Å². The van der Waals surface area contributed by atoms with E-state index in [1.165, 1.54) is 38.5 Å². The number of amides is 2. The van der Waals surface area contributed by atoms with Crippen LogP contribution in [0.5, 0.6) is 0 Å². The van der Waals surface area contributed by atoms with E-state index in [0.29, 0.717) is 34.5 Å². The zero-order valence-corrected chi connectivity index (χ0v) is 31.6. The molecule has 288 valence electrons. The molecule has 8 rings (SSSR count). The number of nitrogens with one attached hydrogen (secondary N) is 1. The SMILES string of the molecule is CC(C)C(OC(=O)N1CCC1)C1CCC2C(CC3C4CCC5C(C)(C)C(OC(=O)N6CC(NCC(F)(F)F)C6)CCCC56CC46CCCC23C)O1. The van der Waals surface area contributed by atoms with Crippen LogP contribution in [0, 0.1) is 51.2 Å². The molecule has 11 unspecified atom stereocenters. The molecule has 3 aliphatic heterocycles. The second-order valence-corrected chi connectivity index (χ2v) is 19.4. The van der Waals surface area contributed by atoms with Gasteiger partial charge in [0.1, 0.15) is 12.2 Å². The number of likely N-dealkylation sites (tertiary alicyclic amines) is 2. The zero-order chi connectivity index (χ0) is 36.1. The molecule has 11 heteroatoms. The molecule has 2 amide bonds. The van der Waals surface area contributed by atoms with Crippen molar-refractivity contribution in [1.82, 2.24) is 15.1 Å². The normalized spacial score (nSPS) is 43.5. The van der Waals surface area contributed by atoms with E-state index in [4.69, 9.17) is 14.2 Å². The van der Waals surface area contributed by atoms with Crippen LogP contribution in [0.1, 0.15) is 118 Å². The molecule has 0 aromatic rings. The number of carbonyl (C=O) groups excluding carboxylic acids is 2. The summed E-state index contributed by atoms with van der Waals surface area (Å²) in [6.07, 6.45) is 9.87. The summed E-state index contributed by atoms with van der Waals surface area (Å²) in [4.78, 5) is 29.5. The number of hydrogen-bond donors (Lipinski definition) is 1. The van der Waals surface area contributed by atoms with Crippen molar-refractivity contribution in [2.75, 3.05) is 32.7 Å². The lowest BCUT2D eigenvalue weighted by molar-refractivity contribution is -0.145. The summed E-state index contributed by atoms with van der Waals surface area (Å²) in [6.45, 7) is 12.6. The number of alkyl halides is 3. The van der Waals surface area contributed by atoms with Crippen molar-refractivity contribution in [3.05, 3.63) is 0 Å². The van der Waals surface area contributed by atoms with Gasteiger partial charge >= 0.3 is 18.4 Å². The van der Waals surface area contributed by atoms with Crippen molar-refractivity contribution in [3.63, 3.8) is 0 Å². The van der Waals surface area contributed by atoms with Gasteiger partial charge in [0.15, 0.2) is 0 Å². The van der Waals surface area contributed by atoms with Crippen molar-refractivity contribution in [2.45, 2.75) is 155 Å². The van der Waals surface area contributed by atoms with Crippen LogP contribution >= 0.6 is 0 Å². The van der Waals surface area contributed by atoms with Gasteiger partial charge < -0.3 is 29.3 Å². The van der Waals surface area contributed by atoms with Crippen LogP contribution in [0.25, 0.3) is 0 Å². The topological polar surface area (TPSA) is 80.3 Å². The van der Waals surface area contributed by atoms with Crippen molar-refractivity contribution in [1.29, 1.82) is 0 Å². The maximum absolute atomic E-state index is 13.3. The maximum atomic E-state index is 13.3. The molecule has 1 N–H and O–H groups in total. The van der Waals surface area contributed by atoms with E-state index < -0.39 is 12.7 Å². The van der Waals surface area contributed by atoms with E-state index in [0.717, 1.165) is 58.0 Å². The summed E-state index contributed by atoms with van der Waals surface area (Å²) in [6, 6.07) is -0.341. The molecule has 5 aliphatic carbocycles. The van der Waals surface area contributed by atoms with Gasteiger partial charge in [-0.05, 0) is 123 Å². The molecule has 8 aliphatic rings. The molecule has 5 saturated carbocycles.